The van der Waals surface area contributed by atoms with E-state index in [1.165, 1.54) is 0 Å². The van der Waals surface area contributed by atoms with Gasteiger partial charge in [0.1, 0.15) is 0 Å². The largest absolute Gasteiger partial charge is 0.425 e. The van der Waals surface area contributed by atoms with Crippen LogP contribution in [0.4, 0.5) is 0 Å². The Hall–Kier alpha value is -1.01. The fourth-order valence-electron chi connectivity index (χ4n) is 0.385. The van der Waals surface area contributed by atoms with Crippen molar-refractivity contribution in [2.75, 3.05) is 6.66 Å². The zero-order valence-corrected chi connectivity index (χ0v) is 9.56. The lowest BCUT2D eigenvalue weighted by Gasteiger charge is -1.84. The molecule has 86 valence electrons. The van der Waals surface area contributed by atoms with Gasteiger partial charge in [-0.05, 0) is 0 Å². The van der Waals surface area contributed by atoms with Crippen molar-refractivity contribution in [3.8, 4) is 0 Å². The van der Waals surface area contributed by atoms with Gasteiger partial charge in [-0.2, -0.15) is 0 Å². The lowest BCUT2D eigenvalue weighted by atomic mass is 10.4. The van der Waals surface area contributed by atoms with Crippen molar-refractivity contribution in [3.63, 3.8) is 0 Å². The van der Waals surface area contributed by atoms with Gasteiger partial charge in [0.05, 0.1) is 0 Å². The zero-order chi connectivity index (χ0) is 12.3. The van der Waals surface area contributed by atoms with Crippen LogP contribution in [0.25, 0.3) is 0 Å². The van der Waals surface area contributed by atoms with E-state index >= 15 is 0 Å². The SMILES string of the molecule is CP(=O)(O)O.O=S(=O)=O.c1ccccc1. The van der Waals surface area contributed by atoms with Crippen molar-refractivity contribution >= 4 is 18.2 Å². The third-order valence-corrected chi connectivity index (χ3v) is 0.667. The second kappa shape index (κ2) is 9.54. The molecule has 6 nitrogen and oxygen atoms in total. The molecule has 15 heavy (non-hydrogen) atoms. The molecule has 0 aliphatic rings. The first kappa shape index (κ1) is 16.4. The fourth-order valence-corrected chi connectivity index (χ4v) is 0.385. The highest BCUT2D eigenvalue weighted by molar-refractivity contribution is 7.59. The van der Waals surface area contributed by atoms with Crippen molar-refractivity contribution in [1.29, 1.82) is 0 Å². The first-order chi connectivity index (χ1) is 6.73. The van der Waals surface area contributed by atoms with E-state index in [2.05, 4.69) is 0 Å². The molecule has 0 bridgehead atoms. The van der Waals surface area contributed by atoms with Gasteiger partial charge in [0.2, 0.25) is 0 Å². The summed E-state index contributed by atoms with van der Waals surface area (Å²) in [5.41, 5.74) is 0. The summed E-state index contributed by atoms with van der Waals surface area (Å²) >= 11 is 0. The van der Waals surface area contributed by atoms with Gasteiger partial charge in [0.15, 0.2) is 0 Å². The van der Waals surface area contributed by atoms with E-state index in [0.29, 0.717) is 0 Å². The zero-order valence-electron chi connectivity index (χ0n) is 7.85. The van der Waals surface area contributed by atoms with Crippen molar-refractivity contribution in [1.82, 2.24) is 0 Å². The molecular formula is C7H11O6PS. The maximum absolute atomic E-state index is 9.33. The Morgan fingerprint density at radius 2 is 0.933 bits per heavy atom. The molecule has 0 spiro atoms. The summed E-state index contributed by atoms with van der Waals surface area (Å²) in [5, 5.41) is 0. The van der Waals surface area contributed by atoms with Crippen molar-refractivity contribution in [2.45, 2.75) is 0 Å². The molecule has 1 aromatic rings. The van der Waals surface area contributed by atoms with E-state index in [1.807, 2.05) is 36.4 Å². The van der Waals surface area contributed by atoms with E-state index in [9.17, 15) is 4.57 Å². The average Bonchev–Trinajstić information content (AvgIpc) is 2.03. The summed E-state index contributed by atoms with van der Waals surface area (Å²) in [6.45, 7) is 0.854. The van der Waals surface area contributed by atoms with Crippen LogP contribution in [0.1, 0.15) is 0 Å². The van der Waals surface area contributed by atoms with Crippen LogP contribution in [0.3, 0.4) is 0 Å². The number of hydrogen-bond acceptors (Lipinski definition) is 4. The van der Waals surface area contributed by atoms with Gasteiger partial charge in [-0.25, -0.2) is 0 Å². The Balaban J connectivity index is 0. The first-order valence-electron chi connectivity index (χ1n) is 3.53. The second-order valence-electron chi connectivity index (χ2n) is 2.19. The predicted molar refractivity (Wildman–Crippen MR) is 54.1 cm³/mol. The van der Waals surface area contributed by atoms with Gasteiger partial charge in [-0.3, -0.25) is 4.57 Å². The molecule has 0 atom stereocenters. The molecule has 0 amide bonds. The minimum atomic E-state index is -3.64. The summed E-state index contributed by atoms with van der Waals surface area (Å²) in [6.07, 6.45) is 0. The van der Waals surface area contributed by atoms with E-state index < -0.39 is 18.2 Å². The molecule has 1 rings (SSSR count). The Labute approximate surface area is 88.8 Å². The predicted octanol–water partition coefficient (Wildman–Crippen LogP) is 0.476. The first-order valence-corrected chi connectivity index (χ1v) is 6.59. The van der Waals surface area contributed by atoms with E-state index in [1.54, 1.807) is 0 Å². The lowest BCUT2D eigenvalue weighted by molar-refractivity contribution is 0.381. The third kappa shape index (κ3) is 63.0. The Morgan fingerprint density at radius 3 is 1.00 bits per heavy atom. The summed E-state index contributed by atoms with van der Waals surface area (Å²) in [6, 6.07) is 12.0. The molecule has 0 saturated heterocycles. The van der Waals surface area contributed by atoms with Crippen LogP contribution in [-0.2, 0) is 15.2 Å². The van der Waals surface area contributed by atoms with Crippen LogP contribution in [0.15, 0.2) is 36.4 Å². The number of hydrogen-bond donors (Lipinski definition) is 2. The smallest absolute Gasteiger partial charge is 0.325 e. The van der Waals surface area contributed by atoms with E-state index in [-0.39, 0.29) is 0 Å². The van der Waals surface area contributed by atoms with Crippen LogP contribution >= 0.6 is 7.60 Å². The van der Waals surface area contributed by atoms with Crippen LogP contribution < -0.4 is 0 Å². The van der Waals surface area contributed by atoms with Crippen molar-refractivity contribution in [2.24, 2.45) is 0 Å². The summed E-state index contributed by atoms with van der Waals surface area (Å²) in [5.74, 6) is 0. The molecule has 8 heteroatoms. The van der Waals surface area contributed by atoms with Gasteiger partial charge in [0.25, 0.3) is 0 Å². The fraction of sp³-hybridized carbons (Fsp3) is 0.143. The molecule has 0 saturated carbocycles. The molecule has 0 unspecified atom stereocenters. The normalized spacial score (nSPS) is 8.73. The van der Waals surface area contributed by atoms with E-state index in [4.69, 9.17) is 22.4 Å². The molecule has 0 aliphatic heterocycles. The van der Waals surface area contributed by atoms with Gasteiger partial charge >= 0.3 is 18.2 Å². The van der Waals surface area contributed by atoms with Crippen LogP contribution in [0.2, 0.25) is 0 Å². The highest BCUT2D eigenvalue weighted by Gasteiger charge is 1.95. The van der Waals surface area contributed by atoms with Gasteiger partial charge in [0, 0.05) is 6.66 Å². The monoisotopic (exact) mass is 254 g/mol. The van der Waals surface area contributed by atoms with Gasteiger partial charge < -0.3 is 9.79 Å². The minimum Gasteiger partial charge on any atom is -0.325 e. The Kier molecular flexibility index (Phi) is 10.4. The van der Waals surface area contributed by atoms with Crippen molar-refractivity contribution in [3.05, 3.63) is 36.4 Å². The van der Waals surface area contributed by atoms with Gasteiger partial charge in [-0.15, -0.1) is 12.6 Å². The maximum atomic E-state index is 9.33. The topological polar surface area (TPSA) is 109 Å². The van der Waals surface area contributed by atoms with Crippen LogP contribution in [0, 0.1) is 0 Å². The standard InChI is InChI=1S/C6H6.CH5O3P.O3S/c1-2-4-6-5-3-1;1-5(2,3)4;1-4(2)3/h1-6H;1H3,(H2,2,3,4);. The minimum absolute atomic E-state index is 0.854. The molecule has 1 aromatic carbocycles. The van der Waals surface area contributed by atoms with Crippen molar-refractivity contribution < 1.29 is 27.0 Å². The molecule has 2 N–H and O–H groups in total. The van der Waals surface area contributed by atoms with E-state index in [0.717, 1.165) is 6.66 Å². The quantitative estimate of drug-likeness (QED) is 0.651. The Morgan fingerprint density at radius 1 is 0.867 bits per heavy atom. The number of benzene rings is 1. The summed E-state index contributed by atoms with van der Waals surface area (Å²) in [7, 11) is -6.75. The second-order valence-corrected chi connectivity index (χ2v) is 4.27. The molecular weight excluding hydrogens is 243 g/mol. The average molecular weight is 254 g/mol. The highest BCUT2D eigenvalue weighted by atomic mass is 32.2. The number of rotatable bonds is 0. The van der Waals surface area contributed by atoms with Crippen LogP contribution in [0.5, 0.6) is 0 Å². The maximum Gasteiger partial charge on any atom is 0.425 e. The summed E-state index contributed by atoms with van der Waals surface area (Å²) in [4.78, 5) is 15.3. The highest BCUT2D eigenvalue weighted by Crippen LogP contribution is 2.26. The molecule has 0 heterocycles. The Bertz CT molecular complexity index is 338. The summed E-state index contributed by atoms with van der Waals surface area (Å²) < 4.78 is 34.7. The molecule has 0 aromatic heterocycles. The third-order valence-electron chi connectivity index (χ3n) is 0.667. The molecule has 0 aliphatic carbocycles. The molecule has 0 radical (unpaired) electrons. The lowest BCUT2D eigenvalue weighted by Crippen LogP contribution is -1.64. The van der Waals surface area contributed by atoms with Crippen LogP contribution in [-0.4, -0.2) is 29.1 Å². The van der Waals surface area contributed by atoms with Gasteiger partial charge in [-0.1, -0.05) is 36.4 Å². The molecule has 0 fully saturated rings.